The molecule has 1 aliphatic heterocycles. The van der Waals surface area contributed by atoms with E-state index in [1.807, 2.05) is 54.6 Å². The fraction of sp³-hybridized carbons (Fsp3) is 0.0625. The Morgan fingerprint density at radius 3 is 2.41 bits per heavy atom. The van der Waals surface area contributed by atoms with Gasteiger partial charge in [0.25, 0.3) is 0 Å². The van der Waals surface area contributed by atoms with Crippen molar-refractivity contribution in [1.82, 2.24) is 0 Å². The SMILES string of the molecule is N#CC1=C(N)Oc2cc(OC(=O)/C=C/c3ccc(Cl)cc3)ccc2C1c1ccc(OCc2ccccc2)cc1. The zero-order valence-electron chi connectivity index (χ0n) is 20.7. The van der Waals surface area contributed by atoms with E-state index in [-0.39, 0.29) is 11.6 Å². The minimum Gasteiger partial charge on any atom is -0.489 e. The number of carbonyl (C=O) groups is 1. The molecule has 0 aromatic heterocycles. The van der Waals surface area contributed by atoms with E-state index in [2.05, 4.69) is 6.07 Å². The molecular weight excluding hydrogens is 512 g/mol. The third-order valence-corrected chi connectivity index (χ3v) is 6.40. The molecular formula is C32H23ClN2O4. The number of hydrogen-bond donors (Lipinski definition) is 1. The quantitative estimate of drug-likeness (QED) is 0.160. The Morgan fingerprint density at radius 1 is 0.974 bits per heavy atom. The predicted molar refractivity (Wildman–Crippen MR) is 149 cm³/mol. The molecule has 0 saturated heterocycles. The highest BCUT2D eigenvalue weighted by atomic mass is 35.5. The van der Waals surface area contributed by atoms with Crippen LogP contribution in [0.2, 0.25) is 5.02 Å². The number of hydrogen-bond acceptors (Lipinski definition) is 6. The zero-order valence-corrected chi connectivity index (χ0v) is 21.5. The highest BCUT2D eigenvalue weighted by molar-refractivity contribution is 6.30. The molecule has 0 aliphatic carbocycles. The number of halogens is 1. The normalized spacial score (nSPS) is 14.3. The summed E-state index contributed by atoms with van der Waals surface area (Å²) in [6, 6.07) is 31.7. The molecule has 0 bridgehead atoms. The number of esters is 1. The standard InChI is InChI=1S/C32H23ClN2O4/c33-24-11-6-21(7-12-24)8-17-30(36)38-26-15-16-27-29(18-26)39-32(35)28(19-34)31(27)23-9-13-25(14-10-23)37-20-22-4-2-1-3-5-22/h1-18,31H,20,35H2/b17-8+. The number of fused-ring (bicyclic) bond motifs is 1. The monoisotopic (exact) mass is 534 g/mol. The lowest BCUT2D eigenvalue weighted by Gasteiger charge is -2.26. The van der Waals surface area contributed by atoms with Gasteiger partial charge in [0, 0.05) is 22.7 Å². The molecule has 1 heterocycles. The summed E-state index contributed by atoms with van der Waals surface area (Å²) in [7, 11) is 0. The molecule has 0 fully saturated rings. The molecule has 1 atom stereocenters. The molecule has 5 rings (SSSR count). The average molecular weight is 535 g/mol. The Morgan fingerprint density at radius 2 is 1.69 bits per heavy atom. The second-order valence-corrected chi connectivity index (χ2v) is 9.21. The van der Waals surface area contributed by atoms with E-state index in [1.54, 1.807) is 48.5 Å². The fourth-order valence-electron chi connectivity index (χ4n) is 4.23. The van der Waals surface area contributed by atoms with Gasteiger partial charge in [0.1, 0.15) is 35.5 Å². The van der Waals surface area contributed by atoms with Crippen LogP contribution in [0.25, 0.3) is 6.08 Å². The maximum atomic E-state index is 12.4. The predicted octanol–water partition coefficient (Wildman–Crippen LogP) is 6.76. The number of allylic oxidation sites excluding steroid dienone is 1. The molecule has 39 heavy (non-hydrogen) atoms. The number of benzene rings is 4. The molecule has 6 nitrogen and oxygen atoms in total. The van der Waals surface area contributed by atoms with Crippen molar-refractivity contribution >= 4 is 23.6 Å². The Balaban J connectivity index is 1.33. The molecule has 0 saturated carbocycles. The van der Waals surface area contributed by atoms with Gasteiger partial charge in [-0.25, -0.2) is 4.79 Å². The second-order valence-electron chi connectivity index (χ2n) is 8.77. The molecule has 1 aliphatic rings. The topological polar surface area (TPSA) is 94.6 Å². The van der Waals surface area contributed by atoms with Crippen LogP contribution in [0.3, 0.4) is 0 Å². The van der Waals surface area contributed by atoms with Crippen LogP contribution in [0.15, 0.2) is 115 Å². The molecule has 4 aromatic carbocycles. The molecule has 2 N–H and O–H groups in total. The maximum absolute atomic E-state index is 12.4. The zero-order chi connectivity index (χ0) is 27.2. The van der Waals surface area contributed by atoms with Gasteiger partial charge in [0.2, 0.25) is 5.88 Å². The summed E-state index contributed by atoms with van der Waals surface area (Å²) in [4.78, 5) is 12.4. The highest BCUT2D eigenvalue weighted by Gasteiger charge is 2.31. The number of nitrogens with two attached hydrogens (primary N) is 1. The van der Waals surface area contributed by atoms with E-state index in [0.717, 1.165) is 22.3 Å². The first kappa shape index (κ1) is 25.7. The Hall–Kier alpha value is -4.99. The van der Waals surface area contributed by atoms with Crippen LogP contribution >= 0.6 is 11.6 Å². The van der Waals surface area contributed by atoms with Gasteiger partial charge in [-0.2, -0.15) is 5.26 Å². The molecule has 4 aromatic rings. The van der Waals surface area contributed by atoms with Crippen molar-refractivity contribution in [3.63, 3.8) is 0 Å². The summed E-state index contributed by atoms with van der Waals surface area (Å²) < 4.78 is 17.1. The lowest BCUT2D eigenvalue weighted by molar-refractivity contribution is -0.128. The van der Waals surface area contributed by atoms with E-state index in [9.17, 15) is 10.1 Å². The lowest BCUT2D eigenvalue weighted by Crippen LogP contribution is -2.21. The van der Waals surface area contributed by atoms with Crippen LogP contribution in [0, 0.1) is 11.3 Å². The van der Waals surface area contributed by atoms with Gasteiger partial charge < -0.3 is 19.9 Å². The van der Waals surface area contributed by atoms with Crippen molar-refractivity contribution in [1.29, 1.82) is 5.26 Å². The van der Waals surface area contributed by atoms with Crippen molar-refractivity contribution < 1.29 is 19.0 Å². The van der Waals surface area contributed by atoms with Gasteiger partial charge in [-0.1, -0.05) is 72.3 Å². The van der Waals surface area contributed by atoms with Gasteiger partial charge in [0.05, 0.1) is 5.92 Å². The third-order valence-electron chi connectivity index (χ3n) is 6.15. The first-order valence-corrected chi connectivity index (χ1v) is 12.5. The maximum Gasteiger partial charge on any atom is 0.336 e. The molecule has 0 radical (unpaired) electrons. The number of carbonyl (C=O) groups excluding carboxylic acids is 1. The third kappa shape index (κ3) is 6.12. The first-order valence-electron chi connectivity index (χ1n) is 12.1. The fourth-order valence-corrected chi connectivity index (χ4v) is 4.35. The Kier molecular flexibility index (Phi) is 7.63. The van der Waals surface area contributed by atoms with Gasteiger partial charge >= 0.3 is 5.97 Å². The summed E-state index contributed by atoms with van der Waals surface area (Å²) in [5, 5.41) is 10.5. The summed E-state index contributed by atoms with van der Waals surface area (Å²) in [5.74, 6) is 0.412. The van der Waals surface area contributed by atoms with Crippen molar-refractivity contribution in [2.45, 2.75) is 12.5 Å². The molecule has 1 unspecified atom stereocenters. The summed E-state index contributed by atoms with van der Waals surface area (Å²) in [6.45, 7) is 0.451. The molecule has 192 valence electrons. The number of ether oxygens (including phenoxy) is 3. The smallest absolute Gasteiger partial charge is 0.336 e. The average Bonchev–Trinajstić information content (AvgIpc) is 2.96. The van der Waals surface area contributed by atoms with Gasteiger partial charge in [-0.3, -0.25) is 0 Å². The minimum atomic E-state index is -0.551. The van der Waals surface area contributed by atoms with Crippen molar-refractivity contribution in [2.24, 2.45) is 5.73 Å². The van der Waals surface area contributed by atoms with Crippen LogP contribution < -0.4 is 19.9 Å². The van der Waals surface area contributed by atoms with Crippen molar-refractivity contribution in [3.05, 3.63) is 142 Å². The van der Waals surface area contributed by atoms with Crippen LogP contribution in [0.5, 0.6) is 17.2 Å². The number of nitriles is 1. The van der Waals surface area contributed by atoms with E-state index >= 15 is 0 Å². The first-order chi connectivity index (χ1) is 19.0. The van der Waals surface area contributed by atoms with Crippen LogP contribution in [-0.2, 0) is 11.4 Å². The van der Waals surface area contributed by atoms with Crippen molar-refractivity contribution in [3.8, 4) is 23.3 Å². The van der Waals surface area contributed by atoms with Crippen molar-refractivity contribution in [2.75, 3.05) is 0 Å². The van der Waals surface area contributed by atoms with Crippen LogP contribution in [-0.4, -0.2) is 5.97 Å². The van der Waals surface area contributed by atoms with E-state index in [0.29, 0.717) is 28.7 Å². The lowest BCUT2D eigenvalue weighted by atomic mass is 9.83. The van der Waals surface area contributed by atoms with Gasteiger partial charge in [-0.15, -0.1) is 0 Å². The van der Waals surface area contributed by atoms with Gasteiger partial charge in [-0.05, 0) is 53.1 Å². The number of rotatable bonds is 7. The van der Waals surface area contributed by atoms with E-state index in [4.69, 9.17) is 31.5 Å². The van der Waals surface area contributed by atoms with E-state index in [1.165, 1.54) is 6.08 Å². The molecule has 7 heteroatoms. The molecule has 0 amide bonds. The van der Waals surface area contributed by atoms with Crippen LogP contribution in [0.1, 0.15) is 28.2 Å². The minimum absolute atomic E-state index is 0.00511. The molecule has 0 spiro atoms. The van der Waals surface area contributed by atoms with E-state index < -0.39 is 11.9 Å². The Labute approximate surface area is 231 Å². The highest BCUT2D eigenvalue weighted by Crippen LogP contribution is 2.43. The summed E-state index contributed by atoms with van der Waals surface area (Å²) in [6.07, 6.45) is 2.96. The summed E-state index contributed by atoms with van der Waals surface area (Å²) >= 11 is 5.90. The van der Waals surface area contributed by atoms with Crippen LogP contribution in [0.4, 0.5) is 0 Å². The largest absolute Gasteiger partial charge is 0.489 e. The second kappa shape index (κ2) is 11.6. The summed E-state index contributed by atoms with van der Waals surface area (Å²) in [5.41, 5.74) is 9.89. The van der Waals surface area contributed by atoms with Gasteiger partial charge in [0.15, 0.2) is 0 Å². The Bertz CT molecular complexity index is 1590. The number of nitrogens with zero attached hydrogens (tertiary/aromatic N) is 1.